The van der Waals surface area contributed by atoms with E-state index < -0.39 is 5.82 Å². The van der Waals surface area contributed by atoms with Crippen molar-refractivity contribution in [3.63, 3.8) is 0 Å². The Morgan fingerprint density at radius 3 is 2.52 bits per heavy atom. The SMILES string of the molecule is O=C(N[C@@H]1CC(=O)N(c2cccc(F)c2)C1)N1CCN(C(=O)c2ccco2)CC1. The number of rotatable bonds is 3. The molecule has 8 nitrogen and oxygen atoms in total. The predicted molar refractivity (Wildman–Crippen MR) is 102 cm³/mol. The zero-order valence-electron chi connectivity index (χ0n) is 15.7. The Bertz CT molecular complexity index is 909. The molecule has 2 saturated heterocycles. The number of furan rings is 1. The third kappa shape index (κ3) is 4.08. The second-order valence-corrected chi connectivity index (χ2v) is 7.09. The van der Waals surface area contributed by atoms with Gasteiger partial charge in [-0.2, -0.15) is 0 Å². The summed E-state index contributed by atoms with van der Waals surface area (Å²) in [6.07, 6.45) is 1.62. The van der Waals surface area contributed by atoms with Crippen LogP contribution in [-0.4, -0.2) is 66.4 Å². The van der Waals surface area contributed by atoms with Gasteiger partial charge in [-0.15, -0.1) is 0 Å². The van der Waals surface area contributed by atoms with Crippen LogP contribution in [0.2, 0.25) is 0 Å². The standard InChI is InChI=1S/C20H21FN4O4/c21-14-3-1-4-16(11-14)25-13-15(12-18(25)26)22-20(28)24-8-6-23(7-9-24)19(27)17-5-2-10-29-17/h1-5,10-11,15H,6-9,12-13H2,(H,22,28)/t15-/m1/s1. The fraction of sp³-hybridized carbons (Fsp3) is 0.350. The number of anilines is 1. The van der Waals surface area contributed by atoms with Gasteiger partial charge in [0.05, 0.1) is 12.3 Å². The average molecular weight is 400 g/mol. The molecule has 4 rings (SSSR count). The third-order valence-electron chi connectivity index (χ3n) is 5.16. The Labute approximate surface area is 166 Å². The van der Waals surface area contributed by atoms with Crippen molar-refractivity contribution in [2.75, 3.05) is 37.6 Å². The second-order valence-electron chi connectivity index (χ2n) is 7.09. The minimum atomic E-state index is -0.412. The van der Waals surface area contributed by atoms with Crippen LogP contribution in [0.3, 0.4) is 0 Å². The first-order valence-electron chi connectivity index (χ1n) is 9.45. The molecule has 152 valence electrons. The average Bonchev–Trinajstić information content (AvgIpc) is 3.37. The molecule has 9 heteroatoms. The van der Waals surface area contributed by atoms with Crippen molar-refractivity contribution in [2.24, 2.45) is 0 Å². The maximum atomic E-state index is 13.4. The number of amides is 4. The van der Waals surface area contributed by atoms with E-state index in [1.54, 1.807) is 34.1 Å². The molecule has 1 aromatic carbocycles. The van der Waals surface area contributed by atoms with E-state index in [9.17, 15) is 18.8 Å². The van der Waals surface area contributed by atoms with E-state index >= 15 is 0 Å². The lowest BCUT2D eigenvalue weighted by molar-refractivity contribution is -0.117. The molecule has 2 aromatic rings. The van der Waals surface area contributed by atoms with E-state index in [0.29, 0.717) is 38.4 Å². The Balaban J connectivity index is 1.29. The van der Waals surface area contributed by atoms with E-state index in [2.05, 4.69) is 5.32 Å². The minimum absolute atomic E-state index is 0.158. The smallest absolute Gasteiger partial charge is 0.317 e. The molecule has 1 atom stereocenters. The number of hydrogen-bond donors (Lipinski definition) is 1. The molecule has 2 aliphatic heterocycles. The van der Waals surface area contributed by atoms with Gasteiger partial charge in [0, 0.05) is 44.8 Å². The number of carbonyl (C=O) groups excluding carboxylic acids is 3. The first kappa shape index (κ1) is 19.0. The van der Waals surface area contributed by atoms with Crippen molar-refractivity contribution in [3.8, 4) is 0 Å². The van der Waals surface area contributed by atoms with E-state index in [0.717, 1.165) is 0 Å². The Hall–Kier alpha value is -3.36. The van der Waals surface area contributed by atoms with Crippen LogP contribution in [0.4, 0.5) is 14.9 Å². The number of nitrogens with zero attached hydrogens (tertiary/aromatic N) is 3. The summed E-state index contributed by atoms with van der Waals surface area (Å²) in [4.78, 5) is 41.9. The van der Waals surface area contributed by atoms with Gasteiger partial charge in [-0.1, -0.05) is 6.07 Å². The predicted octanol–water partition coefficient (Wildman–Crippen LogP) is 1.69. The summed E-state index contributed by atoms with van der Waals surface area (Å²) < 4.78 is 18.6. The number of piperazine rings is 1. The fourth-order valence-corrected chi connectivity index (χ4v) is 3.63. The number of halogens is 1. The van der Waals surface area contributed by atoms with Crippen molar-refractivity contribution in [2.45, 2.75) is 12.5 Å². The molecule has 0 aliphatic carbocycles. The van der Waals surface area contributed by atoms with Gasteiger partial charge in [0.1, 0.15) is 5.82 Å². The topological polar surface area (TPSA) is 86.1 Å². The van der Waals surface area contributed by atoms with Gasteiger partial charge >= 0.3 is 6.03 Å². The van der Waals surface area contributed by atoms with Crippen LogP contribution >= 0.6 is 0 Å². The fourth-order valence-electron chi connectivity index (χ4n) is 3.63. The molecule has 0 radical (unpaired) electrons. The third-order valence-corrected chi connectivity index (χ3v) is 5.16. The van der Waals surface area contributed by atoms with Crippen LogP contribution in [0.1, 0.15) is 17.0 Å². The van der Waals surface area contributed by atoms with E-state index in [1.165, 1.54) is 23.3 Å². The lowest BCUT2D eigenvalue weighted by Crippen LogP contribution is -2.54. The van der Waals surface area contributed by atoms with Crippen molar-refractivity contribution >= 4 is 23.5 Å². The van der Waals surface area contributed by atoms with Crippen LogP contribution < -0.4 is 10.2 Å². The van der Waals surface area contributed by atoms with Crippen LogP contribution in [0.5, 0.6) is 0 Å². The first-order chi connectivity index (χ1) is 14.0. The maximum Gasteiger partial charge on any atom is 0.317 e. The van der Waals surface area contributed by atoms with Gasteiger partial charge in [0.15, 0.2) is 5.76 Å². The lowest BCUT2D eigenvalue weighted by Gasteiger charge is -2.34. The number of nitrogens with one attached hydrogen (secondary N) is 1. The summed E-state index contributed by atoms with van der Waals surface area (Å²) in [7, 11) is 0. The molecule has 4 amide bonds. The molecule has 29 heavy (non-hydrogen) atoms. The molecular weight excluding hydrogens is 379 g/mol. The molecule has 1 aromatic heterocycles. The van der Waals surface area contributed by atoms with Crippen molar-refractivity contribution < 1.29 is 23.2 Å². The van der Waals surface area contributed by atoms with Crippen molar-refractivity contribution in [3.05, 3.63) is 54.2 Å². The van der Waals surface area contributed by atoms with Gasteiger partial charge < -0.3 is 24.4 Å². The summed E-state index contributed by atoms with van der Waals surface area (Å²) in [5, 5.41) is 2.87. The Kier molecular flexibility index (Phi) is 5.20. The van der Waals surface area contributed by atoms with E-state index in [1.807, 2.05) is 0 Å². The number of hydrogen-bond acceptors (Lipinski definition) is 4. The molecule has 0 spiro atoms. The molecule has 0 unspecified atom stereocenters. The zero-order chi connectivity index (χ0) is 20.4. The number of carbonyl (C=O) groups is 3. The highest BCUT2D eigenvalue weighted by molar-refractivity contribution is 5.96. The maximum absolute atomic E-state index is 13.4. The summed E-state index contributed by atoms with van der Waals surface area (Å²) in [6.45, 7) is 1.90. The second kappa shape index (κ2) is 7.94. The highest BCUT2D eigenvalue weighted by Gasteiger charge is 2.33. The molecule has 3 heterocycles. The minimum Gasteiger partial charge on any atom is -0.459 e. The zero-order valence-corrected chi connectivity index (χ0v) is 15.7. The van der Waals surface area contributed by atoms with E-state index in [-0.39, 0.29) is 36.1 Å². The lowest BCUT2D eigenvalue weighted by atomic mass is 10.2. The first-order valence-corrected chi connectivity index (χ1v) is 9.45. The molecule has 2 aliphatic rings. The summed E-state index contributed by atoms with van der Waals surface area (Å²) in [6, 6.07) is 8.50. The normalized spacial score (nSPS) is 19.6. The van der Waals surface area contributed by atoms with E-state index in [4.69, 9.17) is 4.42 Å². The summed E-state index contributed by atoms with van der Waals surface area (Å²) in [5.74, 6) is -0.480. The van der Waals surface area contributed by atoms with Crippen LogP contribution in [0.15, 0.2) is 47.1 Å². The summed E-state index contributed by atoms with van der Waals surface area (Å²) >= 11 is 0. The largest absolute Gasteiger partial charge is 0.459 e. The highest BCUT2D eigenvalue weighted by atomic mass is 19.1. The monoisotopic (exact) mass is 400 g/mol. The summed E-state index contributed by atoms with van der Waals surface area (Å²) in [5.41, 5.74) is 0.483. The quantitative estimate of drug-likeness (QED) is 0.850. The van der Waals surface area contributed by atoms with Crippen LogP contribution in [0.25, 0.3) is 0 Å². The van der Waals surface area contributed by atoms with Gasteiger partial charge in [-0.3, -0.25) is 9.59 Å². The Morgan fingerprint density at radius 1 is 1.07 bits per heavy atom. The molecule has 1 N–H and O–H groups in total. The molecule has 0 saturated carbocycles. The van der Waals surface area contributed by atoms with Crippen molar-refractivity contribution in [1.82, 2.24) is 15.1 Å². The van der Waals surface area contributed by atoms with Gasteiger partial charge in [-0.05, 0) is 30.3 Å². The molecule has 0 bridgehead atoms. The van der Waals surface area contributed by atoms with Gasteiger partial charge in [-0.25, -0.2) is 9.18 Å². The Morgan fingerprint density at radius 2 is 1.83 bits per heavy atom. The van der Waals surface area contributed by atoms with Crippen LogP contribution in [-0.2, 0) is 4.79 Å². The van der Waals surface area contributed by atoms with Gasteiger partial charge in [0.25, 0.3) is 5.91 Å². The van der Waals surface area contributed by atoms with Gasteiger partial charge in [0.2, 0.25) is 5.91 Å². The molecular formula is C20H21FN4O4. The number of benzene rings is 1. The molecule has 2 fully saturated rings. The van der Waals surface area contributed by atoms with Crippen molar-refractivity contribution in [1.29, 1.82) is 0 Å². The van der Waals surface area contributed by atoms with Crippen LogP contribution in [0, 0.1) is 5.82 Å². The highest BCUT2D eigenvalue weighted by Crippen LogP contribution is 2.22. The number of urea groups is 1.